The number of ether oxygens (including phenoxy) is 2. The van der Waals surface area contributed by atoms with Crippen molar-refractivity contribution in [3.63, 3.8) is 0 Å². The fraction of sp³-hybridized carbons (Fsp3) is 0.261. The fourth-order valence-electron chi connectivity index (χ4n) is 3.35. The first-order valence-electron chi connectivity index (χ1n) is 10.2. The zero-order valence-electron chi connectivity index (χ0n) is 17.5. The van der Waals surface area contributed by atoms with Crippen LogP contribution >= 0.6 is 27.7 Å². The molecule has 2 aliphatic heterocycles. The van der Waals surface area contributed by atoms with Crippen molar-refractivity contribution in [3.8, 4) is 5.75 Å². The highest BCUT2D eigenvalue weighted by Gasteiger charge is 2.35. The van der Waals surface area contributed by atoms with E-state index in [2.05, 4.69) is 15.9 Å². The number of morpholine rings is 1. The van der Waals surface area contributed by atoms with Crippen LogP contribution < -0.4 is 4.74 Å². The number of imide groups is 1. The summed E-state index contributed by atoms with van der Waals surface area (Å²) in [7, 11) is 0. The number of thioether (sulfide) groups is 1. The quantitative estimate of drug-likeness (QED) is 0.520. The zero-order chi connectivity index (χ0) is 23.4. The molecule has 0 bridgehead atoms. The van der Waals surface area contributed by atoms with Gasteiger partial charge in [0.1, 0.15) is 11.6 Å². The van der Waals surface area contributed by atoms with E-state index in [0.29, 0.717) is 42.1 Å². The summed E-state index contributed by atoms with van der Waals surface area (Å²) in [4.78, 5) is 40.3. The molecule has 33 heavy (non-hydrogen) atoms. The predicted octanol–water partition coefficient (Wildman–Crippen LogP) is 4.06. The Bertz CT molecular complexity index is 1120. The van der Waals surface area contributed by atoms with Gasteiger partial charge in [-0.1, -0.05) is 24.3 Å². The van der Waals surface area contributed by atoms with Crippen LogP contribution in [-0.2, 0) is 20.9 Å². The van der Waals surface area contributed by atoms with Crippen molar-refractivity contribution in [1.82, 2.24) is 9.80 Å². The lowest BCUT2D eigenvalue weighted by Crippen LogP contribution is -2.43. The van der Waals surface area contributed by atoms with Gasteiger partial charge in [0.2, 0.25) is 0 Å². The first kappa shape index (κ1) is 23.5. The molecular weight excluding hydrogens is 515 g/mol. The summed E-state index contributed by atoms with van der Waals surface area (Å²) in [5.41, 5.74) is 0.946. The molecule has 0 saturated carbocycles. The number of carbonyl (C=O) groups excluding carboxylic acids is 3. The third-order valence-corrected chi connectivity index (χ3v) is 6.66. The largest absolute Gasteiger partial charge is 0.483 e. The van der Waals surface area contributed by atoms with E-state index in [1.54, 1.807) is 47.4 Å². The average molecular weight is 535 g/mol. The minimum absolute atomic E-state index is 0.0904. The van der Waals surface area contributed by atoms with E-state index < -0.39 is 17.0 Å². The number of nitrogens with zero attached hydrogens (tertiary/aromatic N) is 2. The van der Waals surface area contributed by atoms with Crippen LogP contribution in [0.15, 0.2) is 51.8 Å². The molecule has 0 radical (unpaired) electrons. The molecule has 2 heterocycles. The second-order valence-corrected chi connectivity index (χ2v) is 9.18. The highest BCUT2D eigenvalue weighted by molar-refractivity contribution is 9.10. The van der Waals surface area contributed by atoms with Crippen LogP contribution in [-0.4, -0.2) is 59.8 Å². The van der Waals surface area contributed by atoms with Gasteiger partial charge >= 0.3 is 0 Å². The minimum Gasteiger partial charge on any atom is -0.483 e. The highest BCUT2D eigenvalue weighted by atomic mass is 79.9. The highest BCUT2D eigenvalue weighted by Crippen LogP contribution is 2.35. The van der Waals surface area contributed by atoms with Gasteiger partial charge in [-0.3, -0.25) is 19.3 Å². The van der Waals surface area contributed by atoms with Crippen molar-refractivity contribution >= 4 is 50.8 Å². The second-order valence-electron chi connectivity index (χ2n) is 7.33. The third-order valence-electron chi connectivity index (χ3n) is 5.13. The number of carbonyl (C=O) groups is 3. The van der Waals surface area contributed by atoms with E-state index in [-0.39, 0.29) is 29.5 Å². The standard InChI is InChI=1S/C23H20BrFN2O5S/c24-17-11-15(5-6-19(17)32-14-21(28)26-7-9-31-10-8-26)12-20-22(29)27(23(30)33-20)13-16-3-1-2-4-18(16)25/h1-6,11-12H,7-10,13-14H2/b20-12-. The molecule has 2 aliphatic rings. The van der Waals surface area contributed by atoms with Crippen LogP contribution in [0.25, 0.3) is 6.08 Å². The Kier molecular flexibility index (Phi) is 7.46. The van der Waals surface area contributed by atoms with Crippen molar-refractivity contribution in [2.24, 2.45) is 0 Å². The lowest BCUT2D eigenvalue weighted by atomic mass is 10.2. The van der Waals surface area contributed by atoms with E-state index in [4.69, 9.17) is 9.47 Å². The van der Waals surface area contributed by atoms with Gasteiger partial charge in [0, 0.05) is 18.7 Å². The van der Waals surface area contributed by atoms with E-state index in [0.717, 1.165) is 16.7 Å². The van der Waals surface area contributed by atoms with Crippen LogP contribution in [0.3, 0.4) is 0 Å². The molecule has 2 fully saturated rings. The number of hydrogen-bond acceptors (Lipinski definition) is 6. The molecule has 7 nitrogen and oxygen atoms in total. The molecule has 0 aromatic heterocycles. The normalized spacial score (nSPS) is 17.7. The minimum atomic E-state index is -0.471. The molecular formula is C23H20BrFN2O5S. The number of halogens is 2. The third kappa shape index (κ3) is 5.63. The van der Waals surface area contributed by atoms with Gasteiger partial charge in [0.05, 0.1) is 29.1 Å². The first-order chi connectivity index (χ1) is 15.9. The van der Waals surface area contributed by atoms with Gasteiger partial charge in [-0.25, -0.2) is 4.39 Å². The van der Waals surface area contributed by atoms with E-state index in [9.17, 15) is 18.8 Å². The molecule has 0 atom stereocenters. The SMILES string of the molecule is O=C(COc1ccc(/C=C2\SC(=O)N(Cc3ccccc3F)C2=O)cc1Br)N1CCOCC1. The number of amides is 3. The predicted molar refractivity (Wildman–Crippen MR) is 125 cm³/mol. The zero-order valence-corrected chi connectivity index (χ0v) is 19.9. The molecule has 172 valence electrons. The fourth-order valence-corrected chi connectivity index (χ4v) is 4.70. The number of hydrogen-bond donors (Lipinski definition) is 0. The lowest BCUT2D eigenvalue weighted by molar-refractivity contribution is -0.137. The Labute approximate surface area is 202 Å². The maximum atomic E-state index is 13.9. The van der Waals surface area contributed by atoms with Crippen LogP contribution in [0.2, 0.25) is 0 Å². The maximum absolute atomic E-state index is 13.9. The second kappa shape index (κ2) is 10.5. The van der Waals surface area contributed by atoms with Crippen molar-refractivity contribution in [3.05, 3.63) is 68.8 Å². The molecule has 0 aliphatic carbocycles. The summed E-state index contributed by atoms with van der Waals surface area (Å²) in [6, 6.07) is 11.2. The molecule has 2 aromatic rings. The summed E-state index contributed by atoms with van der Waals surface area (Å²) in [5.74, 6) is -0.563. The topological polar surface area (TPSA) is 76.2 Å². The Balaban J connectivity index is 1.41. The smallest absolute Gasteiger partial charge is 0.293 e. The van der Waals surface area contributed by atoms with E-state index in [1.165, 1.54) is 6.07 Å². The molecule has 0 unspecified atom stereocenters. The molecule has 2 aromatic carbocycles. The molecule has 2 saturated heterocycles. The molecule has 0 N–H and O–H groups in total. The van der Waals surface area contributed by atoms with E-state index in [1.807, 2.05) is 0 Å². The summed E-state index contributed by atoms with van der Waals surface area (Å²) >= 11 is 4.23. The van der Waals surface area contributed by atoms with Crippen LogP contribution in [0, 0.1) is 5.82 Å². The molecule has 10 heteroatoms. The summed E-state index contributed by atoms with van der Waals surface area (Å²) in [6.07, 6.45) is 1.60. The average Bonchev–Trinajstić information content (AvgIpc) is 3.07. The molecule has 0 spiro atoms. The van der Waals surface area contributed by atoms with Gasteiger partial charge < -0.3 is 14.4 Å². The van der Waals surface area contributed by atoms with Gasteiger partial charge in [-0.2, -0.15) is 0 Å². The Morgan fingerprint density at radius 3 is 2.67 bits per heavy atom. The Morgan fingerprint density at radius 2 is 1.94 bits per heavy atom. The van der Waals surface area contributed by atoms with Crippen molar-refractivity contribution < 1.29 is 28.2 Å². The first-order valence-corrected chi connectivity index (χ1v) is 11.8. The van der Waals surface area contributed by atoms with Crippen LogP contribution in [0.1, 0.15) is 11.1 Å². The van der Waals surface area contributed by atoms with Gasteiger partial charge in [0.15, 0.2) is 6.61 Å². The van der Waals surface area contributed by atoms with Crippen molar-refractivity contribution in [1.29, 1.82) is 0 Å². The molecule has 4 rings (SSSR count). The summed E-state index contributed by atoms with van der Waals surface area (Å²) in [5, 5.41) is -0.449. The van der Waals surface area contributed by atoms with Crippen LogP contribution in [0.5, 0.6) is 5.75 Å². The molecule has 3 amide bonds. The van der Waals surface area contributed by atoms with Crippen LogP contribution in [0.4, 0.5) is 9.18 Å². The summed E-state index contributed by atoms with van der Waals surface area (Å²) < 4.78 is 25.4. The monoisotopic (exact) mass is 534 g/mol. The van der Waals surface area contributed by atoms with Gasteiger partial charge in [0.25, 0.3) is 17.1 Å². The Morgan fingerprint density at radius 1 is 1.18 bits per heavy atom. The Hall–Kier alpha value is -2.69. The van der Waals surface area contributed by atoms with Crippen molar-refractivity contribution in [2.75, 3.05) is 32.9 Å². The maximum Gasteiger partial charge on any atom is 0.293 e. The van der Waals surface area contributed by atoms with Gasteiger partial charge in [-0.15, -0.1) is 0 Å². The van der Waals surface area contributed by atoms with Crippen molar-refractivity contribution in [2.45, 2.75) is 6.54 Å². The summed E-state index contributed by atoms with van der Waals surface area (Å²) in [6.45, 7) is 1.93. The van der Waals surface area contributed by atoms with Gasteiger partial charge in [-0.05, 0) is 57.5 Å². The number of rotatable bonds is 6. The van der Waals surface area contributed by atoms with E-state index >= 15 is 0 Å². The lowest BCUT2D eigenvalue weighted by Gasteiger charge is -2.26. The number of benzene rings is 2.